The molecule has 2 rings (SSSR count). The van der Waals surface area contributed by atoms with Gasteiger partial charge in [0.15, 0.2) is 5.82 Å². The van der Waals surface area contributed by atoms with Gasteiger partial charge in [0, 0.05) is 11.6 Å². The number of carbonyl (C=O) groups excluding carboxylic acids is 1. The summed E-state index contributed by atoms with van der Waals surface area (Å²) in [6.07, 6.45) is 1.38. The first-order chi connectivity index (χ1) is 7.18. The number of halogens is 1. The minimum atomic E-state index is -0.617. The van der Waals surface area contributed by atoms with Crippen molar-refractivity contribution in [3.05, 3.63) is 45.9 Å². The Hall–Kier alpha value is -1.62. The molecule has 0 aromatic carbocycles. The molecule has 0 atom stereocenters. The first-order valence-corrected chi connectivity index (χ1v) is 5.14. The summed E-state index contributed by atoms with van der Waals surface area (Å²) in [7, 11) is 0. The van der Waals surface area contributed by atoms with Gasteiger partial charge in [0.25, 0.3) is 0 Å². The molecule has 0 spiro atoms. The highest BCUT2D eigenvalue weighted by atomic mass is 32.1. The summed E-state index contributed by atoms with van der Waals surface area (Å²) < 4.78 is 13.2. The highest BCUT2D eigenvalue weighted by molar-refractivity contribution is 7.09. The quantitative estimate of drug-likeness (QED) is 0.732. The molecule has 0 radical (unpaired) electrons. The normalized spacial score (nSPS) is 10.3. The summed E-state index contributed by atoms with van der Waals surface area (Å²) in [5.74, 6) is -1.09. The standard InChI is InChI=1S/C10H7FN2OS/c1-6-13-8(5-15-6)10(14)9-7(11)3-2-4-12-9/h2-5H,1H3. The van der Waals surface area contributed by atoms with Gasteiger partial charge in [-0.05, 0) is 19.1 Å². The van der Waals surface area contributed by atoms with Crippen LogP contribution in [-0.4, -0.2) is 15.8 Å². The monoisotopic (exact) mass is 222 g/mol. The van der Waals surface area contributed by atoms with Gasteiger partial charge in [0.2, 0.25) is 5.78 Å². The third-order valence-electron chi connectivity index (χ3n) is 1.83. The molecule has 0 saturated heterocycles. The topological polar surface area (TPSA) is 42.9 Å². The molecule has 15 heavy (non-hydrogen) atoms. The Labute approximate surface area is 89.6 Å². The molecule has 2 aromatic rings. The molecule has 0 aliphatic rings. The van der Waals surface area contributed by atoms with Crippen LogP contribution in [0.15, 0.2) is 23.7 Å². The minimum absolute atomic E-state index is 0.178. The van der Waals surface area contributed by atoms with Crippen molar-refractivity contribution in [3.63, 3.8) is 0 Å². The molecule has 2 heterocycles. The number of aromatic nitrogens is 2. The Balaban J connectivity index is 2.41. The van der Waals surface area contributed by atoms with E-state index in [1.165, 1.54) is 29.7 Å². The van der Waals surface area contributed by atoms with Gasteiger partial charge in [-0.15, -0.1) is 11.3 Å². The predicted molar refractivity (Wildman–Crippen MR) is 54.5 cm³/mol. The molecule has 0 aliphatic carbocycles. The Morgan fingerprint density at radius 3 is 2.93 bits per heavy atom. The lowest BCUT2D eigenvalue weighted by Crippen LogP contribution is -2.07. The maximum atomic E-state index is 13.2. The highest BCUT2D eigenvalue weighted by Gasteiger charge is 2.17. The number of ketones is 1. The zero-order valence-electron chi connectivity index (χ0n) is 7.90. The molecule has 5 heteroatoms. The van der Waals surface area contributed by atoms with E-state index in [1.54, 1.807) is 12.3 Å². The fraction of sp³-hybridized carbons (Fsp3) is 0.100. The summed E-state index contributed by atoms with van der Waals surface area (Å²) in [4.78, 5) is 19.4. The van der Waals surface area contributed by atoms with E-state index in [2.05, 4.69) is 9.97 Å². The van der Waals surface area contributed by atoms with E-state index in [9.17, 15) is 9.18 Å². The van der Waals surface area contributed by atoms with Crippen molar-refractivity contribution in [3.8, 4) is 0 Å². The van der Waals surface area contributed by atoms with Crippen LogP contribution < -0.4 is 0 Å². The Bertz CT molecular complexity index is 510. The first-order valence-electron chi connectivity index (χ1n) is 4.26. The molecular weight excluding hydrogens is 215 g/mol. The van der Waals surface area contributed by atoms with Gasteiger partial charge in [-0.25, -0.2) is 14.4 Å². The summed E-state index contributed by atoms with van der Waals surface area (Å²) in [5.41, 5.74) is 0.0675. The number of hydrogen-bond acceptors (Lipinski definition) is 4. The van der Waals surface area contributed by atoms with E-state index in [0.717, 1.165) is 5.01 Å². The summed E-state index contributed by atoms with van der Waals surface area (Å²) in [5, 5.41) is 2.38. The second-order valence-corrected chi connectivity index (χ2v) is 3.98. The number of aryl methyl sites for hydroxylation is 1. The van der Waals surface area contributed by atoms with Crippen LogP contribution in [0.5, 0.6) is 0 Å². The molecule has 3 nitrogen and oxygen atoms in total. The van der Waals surface area contributed by atoms with Crippen LogP contribution in [0.25, 0.3) is 0 Å². The average molecular weight is 222 g/mol. The van der Waals surface area contributed by atoms with Crippen LogP contribution in [0.2, 0.25) is 0 Å². The van der Waals surface area contributed by atoms with Crippen molar-refractivity contribution >= 4 is 17.1 Å². The molecule has 0 aliphatic heterocycles. The van der Waals surface area contributed by atoms with Crippen LogP contribution in [0.1, 0.15) is 21.2 Å². The zero-order valence-corrected chi connectivity index (χ0v) is 8.71. The molecule has 76 valence electrons. The van der Waals surface area contributed by atoms with Crippen molar-refractivity contribution < 1.29 is 9.18 Å². The maximum absolute atomic E-state index is 13.2. The van der Waals surface area contributed by atoms with E-state index in [0.29, 0.717) is 0 Å². The lowest BCUT2D eigenvalue weighted by atomic mass is 10.2. The van der Waals surface area contributed by atoms with Crippen LogP contribution in [0.3, 0.4) is 0 Å². The number of carbonyl (C=O) groups is 1. The van der Waals surface area contributed by atoms with Gasteiger partial charge in [-0.2, -0.15) is 0 Å². The second-order valence-electron chi connectivity index (χ2n) is 2.91. The maximum Gasteiger partial charge on any atom is 0.233 e. The lowest BCUT2D eigenvalue weighted by Gasteiger charge is -1.97. The zero-order chi connectivity index (χ0) is 10.8. The molecule has 0 saturated carbocycles. The van der Waals surface area contributed by atoms with E-state index < -0.39 is 11.6 Å². The number of rotatable bonds is 2. The minimum Gasteiger partial charge on any atom is -0.285 e. The largest absolute Gasteiger partial charge is 0.285 e. The SMILES string of the molecule is Cc1nc(C(=O)c2ncccc2F)cs1. The third-order valence-corrected chi connectivity index (χ3v) is 2.60. The van der Waals surface area contributed by atoms with Crippen molar-refractivity contribution in [1.29, 1.82) is 0 Å². The predicted octanol–water partition coefficient (Wildman–Crippen LogP) is 2.22. The van der Waals surface area contributed by atoms with Crippen molar-refractivity contribution in [1.82, 2.24) is 9.97 Å². The van der Waals surface area contributed by atoms with Gasteiger partial charge >= 0.3 is 0 Å². The summed E-state index contributed by atoms with van der Waals surface area (Å²) >= 11 is 1.35. The Morgan fingerprint density at radius 1 is 1.53 bits per heavy atom. The van der Waals surface area contributed by atoms with Gasteiger partial charge in [-0.1, -0.05) is 0 Å². The highest BCUT2D eigenvalue weighted by Crippen LogP contribution is 2.13. The van der Waals surface area contributed by atoms with Crippen molar-refractivity contribution in [2.45, 2.75) is 6.92 Å². The molecule has 0 N–H and O–H groups in total. The van der Waals surface area contributed by atoms with E-state index >= 15 is 0 Å². The second kappa shape index (κ2) is 3.86. The lowest BCUT2D eigenvalue weighted by molar-refractivity contribution is 0.102. The fourth-order valence-corrected chi connectivity index (χ4v) is 1.73. The summed E-state index contributed by atoms with van der Waals surface area (Å²) in [6, 6.07) is 2.65. The molecular formula is C10H7FN2OS. The van der Waals surface area contributed by atoms with Crippen LogP contribution in [0, 0.1) is 12.7 Å². The number of nitrogens with zero attached hydrogens (tertiary/aromatic N) is 2. The van der Waals surface area contributed by atoms with Crippen molar-refractivity contribution in [2.75, 3.05) is 0 Å². The number of thiazole rings is 1. The smallest absolute Gasteiger partial charge is 0.233 e. The van der Waals surface area contributed by atoms with E-state index in [-0.39, 0.29) is 11.4 Å². The molecule has 0 unspecified atom stereocenters. The Kier molecular flexibility index (Phi) is 2.55. The van der Waals surface area contributed by atoms with Crippen molar-refractivity contribution in [2.24, 2.45) is 0 Å². The van der Waals surface area contributed by atoms with Gasteiger partial charge < -0.3 is 0 Å². The van der Waals surface area contributed by atoms with Crippen LogP contribution in [0.4, 0.5) is 4.39 Å². The third kappa shape index (κ3) is 1.92. The summed E-state index contributed by atoms with van der Waals surface area (Å²) in [6.45, 7) is 1.79. The molecule has 2 aromatic heterocycles. The molecule has 0 bridgehead atoms. The van der Waals surface area contributed by atoms with E-state index in [1.807, 2.05) is 0 Å². The van der Waals surface area contributed by atoms with Crippen LogP contribution in [-0.2, 0) is 0 Å². The van der Waals surface area contributed by atoms with Crippen LogP contribution >= 0.6 is 11.3 Å². The first kappa shape index (κ1) is 9.92. The van der Waals surface area contributed by atoms with Gasteiger partial charge in [0.1, 0.15) is 11.4 Å². The molecule has 0 amide bonds. The van der Waals surface area contributed by atoms with E-state index in [4.69, 9.17) is 0 Å². The number of hydrogen-bond donors (Lipinski definition) is 0. The molecule has 0 fully saturated rings. The Morgan fingerprint density at radius 2 is 2.33 bits per heavy atom. The van der Waals surface area contributed by atoms with Gasteiger partial charge in [0.05, 0.1) is 5.01 Å². The fourth-order valence-electron chi connectivity index (χ4n) is 1.14. The number of pyridine rings is 1. The average Bonchev–Trinajstić information content (AvgIpc) is 2.65. The van der Waals surface area contributed by atoms with Gasteiger partial charge in [-0.3, -0.25) is 4.79 Å².